The molecule has 0 atom stereocenters. The summed E-state index contributed by atoms with van der Waals surface area (Å²) in [5, 5.41) is 2.68. The van der Waals surface area contributed by atoms with Crippen LogP contribution in [0.5, 0.6) is 0 Å². The summed E-state index contributed by atoms with van der Waals surface area (Å²) in [6, 6.07) is 23.1. The highest BCUT2D eigenvalue weighted by Gasteiger charge is 2.30. The van der Waals surface area contributed by atoms with Crippen LogP contribution in [-0.4, -0.2) is 10.9 Å². The van der Waals surface area contributed by atoms with Gasteiger partial charge in [-0.1, -0.05) is 60.7 Å². The molecule has 3 aromatic carbocycles. The van der Waals surface area contributed by atoms with E-state index in [0.717, 1.165) is 23.3 Å². The number of alkyl halides is 3. The van der Waals surface area contributed by atoms with E-state index < -0.39 is 11.7 Å². The highest BCUT2D eigenvalue weighted by atomic mass is 19.4. The van der Waals surface area contributed by atoms with Gasteiger partial charge in [0.15, 0.2) is 0 Å². The summed E-state index contributed by atoms with van der Waals surface area (Å²) in [7, 11) is 0. The number of rotatable bonds is 5. The van der Waals surface area contributed by atoms with Crippen LogP contribution in [-0.2, 0) is 19.3 Å². The number of urea groups is 1. The molecule has 3 rings (SSSR count). The fourth-order valence-corrected chi connectivity index (χ4v) is 2.75. The number of hydrogen-bond acceptors (Lipinski definition) is 1. The molecule has 0 fully saturated rings. The largest absolute Gasteiger partial charge is 0.416 e. The Balaban J connectivity index is 1.75. The maximum Gasteiger partial charge on any atom is 0.416 e. The van der Waals surface area contributed by atoms with Gasteiger partial charge in [-0.15, -0.1) is 0 Å². The number of anilines is 1. The molecule has 0 saturated carbocycles. The number of amides is 2. The molecule has 0 aliphatic carbocycles. The molecule has 144 valence electrons. The van der Waals surface area contributed by atoms with Crippen molar-refractivity contribution in [3.05, 3.63) is 102 Å². The van der Waals surface area contributed by atoms with Crippen LogP contribution in [0.25, 0.3) is 0 Å². The Morgan fingerprint density at radius 3 is 1.64 bits per heavy atom. The van der Waals surface area contributed by atoms with E-state index in [2.05, 4.69) is 5.32 Å². The first-order valence-corrected chi connectivity index (χ1v) is 8.73. The molecule has 0 spiro atoms. The first-order chi connectivity index (χ1) is 13.4. The van der Waals surface area contributed by atoms with Crippen LogP contribution in [0.2, 0.25) is 0 Å². The van der Waals surface area contributed by atoms with Gasteiger partial charge < -0.3 is 10.2 Å². The molecule has 0 radical (unpaired) electrons. The van der Waals surface area contributed by atoms with E-state index in [-0.39, 0.29) is 6.03 Å². The highest BCUT2D eigenvalue weighted by molar-refractivity contribution is 5.89. The van der Waals surface area contributed by atoms with Crippen molar-refractivity contribution in [3.63, 3.8) is 0 Å². The molecule has 3 aromatic rings. The van der Waals surface area contributed by atoms with Crippen molar-refractivity contribution in [2.45, 2.75) is 19.3 Å². The second-order valence-corrected chi connectivity index (χ2v) is 6.33. The lowest BCUT2D eigenvalue weighted by atomic mass is 10.1. The molecular formula is C22H19F3N2O. The summed E-state index contributed by atoms with van der Waals surface area (Å²) in [6.45, 7) is 0.754. The zero-order chi connectivity index (χ0) is 20.0. The van der Waals surface area contributed by atoms with Gasteiger partial charge in [0, 0.05) is 18.8 Å². The van der Waals surface area contributed by atoms with Crippen molar-refractivity contribution in [1.82, 2.24) is 4.90 Å². The van der Waals surface area contributed by atoms with Crippen LogP contribution in [0.15, 0.2) is 84.9 Å². The van der Waals surface area contributed by atoms with Gasteiger partial charge in [0.1, 0.15) is 0 Å². The predicted octanol–water partition coefficient (Wildman–Crippen LogP) is 5.94. The van der Waals surface area contributed by atoms with E-state index in [1.54, 1.807) is 4.90 Å². The number of nitrogens with zero attached hydrogens (tertiary/aromatic N) is 1. The van der Waals surface area contributed by atoms with Crippen LogP contribution < -0.4 is 5.32 Å². The van der Waals surface area contributed by atoms with Crippen molar-refractivity contribution < 1.29 is 18.0 Å². The zero-order valence-corrected chi connectivity index (χ0v) is 15.0. The van der Waals surface area contributed by atoms with Gasteiger partial charge >= 0.3 is 12.2 Å². The third kappa shape index (κ3) is 5.36. The fourth-order valence-electron chi connectivity index (χ4n) is 2.75. The number of halogens is 3. The van der Waals surface area contributed by atoms with Crippen LogP contribution >= 0.6 is 0 Å². The number of carbonyl (C=O) groups excluding carboxylic acids is 1. The summed E-state index contributed by atoms with van der Waals surface area (Å²) >= 11 is 0. The third-order valence-electron chi connectivity index (χ3n) is 4.18. The molecular weight excluding hydrogens is 365 g/mol. The summed E-state index contributed by atoms with van der Waals surface area (Å²) in [5.74, 6) is 0. The zero-order valence-electron chi connectivity index (χ0n) is 15.0. The quantitative estimate of drug-likeness (QED) is 0.580. The van der Waals surface area contributed by atoms with Crippen molar-refractivity contribution >= 4 is 11.7 Å². The summed E-state index contributed by atoms with van der Waals surface area (Å²) in [5.41, 5.74) is 1.47. The number of benzene rings is 3. The highest BCUT2D eigenvalue weighted by Crippen LogP contribution is 2.29. The molecule has 0 aliphatic heterocycles. The van der Waals surface area contributed by atoms with Crippen molar-refractivity contribution in [2.75, 3.05) is 5.32 Å². The standard InChI is InChI=1S/C22H19F3N2O/c23-22(24,25)19-11-13-20(14-12-19)26-21(28)27(15-17-7-3-1-4-8-17)16-18-9-5-2-6-10-18/h1-14H,15-16H2,(H,26,28). The van der Waals surface area contributed by atoms with Gasteiger partial charge in [0.25, 0.3) is 0 Å². The molecule has 0 unspecified atom stereocenters. The van der Waals surface area contributed by atoms with Crippen LogP contribution in [0.3, 0.4) is 0 Å². The Morgan fingerprint density at radius 1 is 0.750 bits per heavy atom. The molecule has 3 nitrogen and oxygen atoms in total. The predicted molar refractivity (Wildman–Crippen MR) is 103 cm³/mol. The molecule has 6 heteroatoms. The maximum absolute atomic E-state index is 12.8. The minimum atomic E-state index is -4.41. The van der Waals surface area contributed by atoms with Crippen molar-refractivity contribution in [1.29, 1.82) is 0 Å². The van der Waals surface area contributed by atoms with Crippen LogP contribution in [0.1, 0.15) is 16.7 Å². The first-order valence-electron chi connectivity index (χ1n) is 8.73. The molecule has 28 heavy (non-hydrogen) atoms. The lowest BCUT2D eigenvalue weighted by molar-refractivity contribution is -0.137. The maximum atomic E-state index is 12.8. The Labute approximate surface area is 161 Å². The SMILES string of the molecule is O=C(Nc1ccc(C(F)(F)F)cc1)N(Cc1ccccc1)Cc1ccccc1. The van der Waals surface area contributed by atoms with Gasteiger partial charge in [-0.05, 0) is 35.4 Å². The second-order valence-electron chi connectivity index (χ2n) is 6.33. The Bertz CT molecular complexity index is 853. The lowest BCUT2D eigenvalue weighted by Crippen LogP contribution is -2.34. The van der Waals surface area contributed by atoms with Crippen LogP contribution in [0.4, 0.5) is 23.7 Å². The summed E-state index contributed by atoms with van der Waals surface area (Å²) < 4.78 is 38.1. The first kappa shape index (κ1) is 19.5. The lowest BCUT2D eigenvalue weighted by Gasteiger charge is -2.23. The number of hydrogen-bond donors (Lipinski definition) is 1. The molecule has 0 bridgehead atoms. The minimum absolute atomic E-state index is 0.309. The summed E-state index contributed by atoms with van der Waals surface area (Å²) in [6.07, 6.45) is -4.41. The molecule has 0 heterocycles. The third-order valence-corrected chi connectivity index (χ3v) is 4.18. The molecule has 2 amide bonds. The van der Waals surface area contributed by atoms with Gasteiger partial charge in [0.05, 0.1) is 5.56 Å². The smallest absolute Gasteiger partial charge is 0.316 e. The van der Waals surface area contributed by atoms with Crippen LogP contribution in [0, 0.1) is 0 Å². The Kier molecular flexibility index (Phi) is 5.99. The molecule has 0 aromatic heterocycles. The van der Waals surface area contributed by atoms with Gasteiger partial charge in [-0.25, -0.2) is 4.79 Å². The average Bonchev–Trinajstić information content (AvgIpc) is 2.69. The van der Waals surface area contributed by atoms with Gasteiger partial charge in [-0.3, -0.25) is 0 Å². The molecule has 1 N–H and O–H groups in total. The molecule has 0 saturated heterocycles. The fraction of sp³-hybridized carbons (Fsp3) is 0.136. The van der Waals surface area contributed by atoms with Gasteiger partial charge in [0.2, 0.25) is 0 Å². The second kappa shape index (κ2) is 8.61. The number of nitrogens with one attached hydrogen (secondary N) is 1. The monoisotopic (exact) mass is 384 g/mol. The van der Waals surface area contributed by atoms with E-state index in [1.165, 1.54) is 12.1 Å². The molecule has 0 aliphatic rings. The normalized spacial score (nSPS) is 11.1. The Morgan fingerprint density at radius 2 is 1.21 bits per heavy atom. The van der Waals surface area contributed by atoms with Gasteiger partial charge in [-0.2, -0.15) is 13.2 Å². The number of carbonyl (C=O) groups is 1. The Hall–Kier alpha value is -3.28. The van der Waals surface area contributed by atoms with E-state index in [1.807, 2.05) is 60.7 Å². The minimum Gasteiger partial charge on any atom is -0.316 e. The van der Waals surface area contributed by atoms with E-state index in [0.29, 0.717) is 18.8 Å². The van der Waals surface area contributed by atoms with Crippen molar-refractivity contribution in [3.8, 4) is 0 Å². The summed E-state index contributed by atoms with van der Waals surface area (Å²) in [4.78, 5) is 14.4. The van der Waals surface area contributed by atoms with E-state index in [4.69, 9.17) is 0 Å². The topological polar surface area (TPSA) is 32.3 Å². The van der Waals surface area contributed by atoms with Crippen molar-refractivity contribution in [2.24, 2.45) is 0 Å². The average molecular weight is 384 g/mol. The van der Waals surface area contributed by atoms with E-state index >= 15 is 0 Å². The van der Waals surface area contributed by atoms with E-state index in [9.17, 15) is 18.0 Å².